The second-order valence-electron chi connectivity index (χ2n) is 12.8. The molecule has 0 amide bonds. The van der Waals surface area contributed by atoms with Crippen LogP contribution < -0.4 is 0 Å². The molecular weight excluding hydrogens is 593 g/mol. The second-order valence-corrected chi connectivity index (χ2v) is 13.9. The van der Waals surface area contributed by atoms with Crippen LogP contribution in [0.3, 0.4) is 0 Å². The zero-order valence-electron chi connectivity index (χ0n) is 25.9. The number of para-hydroxylation sites is 1. The molecule has 1 aliphatic carbocycles. The SMILES string of the molecule is CC1(C)c2ccccc2-c2c1ccc1c2c2ccccc2n1-c1nc(-c2ccccc2)nc(-c2cccc3sc4ccccc4c23)n1. The number of fused-ring (bicyclic) bond motifs is 10. The van der Waals surface area contributed by atoms with E-state index in [1.54, 1.807) is 11.3 Å². The molecule has 222 valence electrons. The van der Waals surface area contributed by atoms with E-state index in [1.165, 1.54) is 53.2 Å². The van der Waals surface area contributed by atoms with Crippen LogP contribution in [-0.2, 0) is 5.41 Å². The fourth-order valence-electron chi connectivity index (χ4n) is 7.73. The number of hydrogen-bond acceptors (Lipinski definition) is 4. The zero-order chi connectivity index (χ0) is 31.3. The molecule has 0 aliphatic heterocycles. The van der Waals surface area contributed by atoms with E-state index in [0.29, 0.717) is 17.6 Å². The number of benzene rings is 6. The van der Waals surface area contributed by atoms with Gasteiger partial charge in [-0.3, -0.25) is 4.57 Å². The van der Waals surface area contributed by atoms with E-state index in [2.05, 4.69) is 134 Å². The molecule has 10 rings (SSSR count). The lowest BCUT2D eigenvalue weighted by atomic mass is 9.82. The molecule has 4 nitrogen and oxygen atoms in total. The van der Waals surface area contributed by atoms with Crippen molar-refractivity contribution in [2.45, 2.75) is 19.3 Å². The third-order valence-electron chi connectivity index (χ3n) is 9.88. The maximum atomic E-state index is 5.32. The van der Waals surface area contributed by atoms with E-state index >= 15 is 0 Å². The third-order valence-corrected chi connectivity index (χ3v) is 11.0. The molecule has 9 aromatic rings. The standard InChI is InChI=1S/C42H28N4S/c1-42(2)30-19-9-6-15-26(30)37-31(42)23-24-33-38(37)27-16-7-10-20-32(27)46(33)41-44-39(25-13-4-3-5-14-25)43-40(45-41)29-18-12-22-35-36(29)28-17-8-11-21-34(28)47-35/h3-24H,1-2H3. The molecular formula is C42H28N4S. The van der Waals surface area contributed by atoms with Crippen LogP contribution in [-0.4, -0.2) is 19.5 Å². The van der Waals surface area contributed by atoms with Gasteiger partial charge in [0, 0.05) is 47.5 Å². The molecule has 0 spiro atoms. The number of thiophene rings is 1. The number of nitrogens with zero attached hydrogens (tertiary/aromatic N) is 4. The topological polar surface area (TPSA) is 43.6 Å². The van der Waals surface area contributed by atoms with Gasteiger partial charge in [0.05, 0.1) is 11.0 Å². The van der Waals surface area contributed by atoms with Gasteiger partial charge < -0.3 is 0 Å². The van der Waals surface area contributed by atoms with Crippen LogP contribution in [0.15, 0.2) is 133 Å². The Morgan fingerprint density at radius 2 is 1.21 bits per heavy atom. The molecule has 6 aromatic carbocycles. The quantitative estimate of drug-likeness (QED) is 0.197. The molecule has 3 heterocycles. The third kappa shape index (κ3) is 3.72. The molecule has 0 atom stereocenters. The minimum atomic E-state index is -0.0911. The van der Waals surface area contributed by atoms with Crippen molar-refractivity contribution < 1.29 is 0 Å². The molecule has 3 aromatic heterocycles. The molecule has 0 radical (unpaired) electrons. The van der Waals surface area contributed by atoms with Gasteiger partial charge in [0.25, 0.3) is 0 Å². The maximum absolute atomic E-state index is 5.32. The summed E-state index contributed by atoms with van der Waals surface area (Å²) in [5.74, 6) is 1.93. The van der Waals surface area contributed by atoms with Crippen LogP contribution in [0.25, 0.3) is 81.8 Å². The molecule has 0 bridgehead atoms. The summed E-state index contributed by atoms with van der Waals surface area (Å²) in [7, 11) is 0. The van der Waals surface area contributed by atoms with E-state index in [1.807, 2.05) is 18.2 Å². The van der Waals surface area contributed by atoms with Gasteiger partial charge in [-0.1, -0.05) is 123 Å². The number of rotatable bonds is 3. The summed E-state index contributed by atoms with van der Waals surface area (Å²) >= 11 is 1.81. The first kappa shape index (κ1) is 26.6. The minimum Gasteiger partial charge on any atom is -0.278 e. The largest absolute Gasteiger partial charge is 0.278 e. The van der Waals surface area contributed by atoms with Gasteiger partial charge in [0.2, 0.25) is 5.95 Å². The predicted octanol–water partition coefficient (Wildman–Crippen LogP) is 11.0. The summed E-state index contributed by atoms with van der Waals surface area (Å²) in [6, 6.07) is 47.4. The molecule has 1 aliphatic rings. The molecule has 5 heteroatoms. The Kier molecular flexibility index (Phi) is 5.47. The van der Waals surface area contributed by atoms with E-state index in [4.69, 9.17) is 15.0 Å². The monoisotopic (exact) mass is 620 g/mol. The average Bonchev–Trinajstić information content (AvgIpc) is 3.74. The molecule has 47 heavy (non-hydrogen) atoms. The highest BCUT2D eigenvalue weighted by Gasteiger charge is 2.37. The zero-order valence-corrected chi connectivity index (χ0v) is 26.7. The van der Waals surface area contributed by atoms with Crippen molar-refractivity contribution in [3.8, 4) is 39.9 Å². The van der Waals surface area contributed by atoms with E-state index in [0.717, 1.165) is 22.2 Å². The van der Waals surface area contributed by atoms with Crippen LogP contribution >= 0.6 is 11.3 Å². The fraction of sp³-hybridized carbons (Fsp3) is 0.0714. The van der Waals surface area contributed by atoms with Crippen LogP contribution in [0.5, 0.6) is 0 Å². The van der Waals surface area contributed by atoms with Crippen molar-refractivity contribution in [3.63, 3.8) is 0 Å². The van der Waals surface area contributed by atoms with Crippen LogP contribution in [0.1, 0.15) is 25.0 Å². The normalized spacial score (nSPS) is 13.5. The van der Waals surface area contributed by atoms with Gasteiger partial charge in [-0.25, -0.2) is 4.98 Å². The Morgan fingerprint density at radius 3 is 2.11 bits per heavy atom. The summed E-state index contributed by atoms with van der Waals surface area (Å²) in [5.41, 5.74) is 9.38. The average molecular weight is 621 g/mol. The van der Waals surface area contributed by atoms with Gasteiger partial charge in [-0.2, -0.15) is 9.97 Å². The summed E-state index contributed by atoms with van der Waals surface area (Å²) in [6.45, 7) is 4.67. The molecule has 0 unspecified atom stereocenters. The van der Waals surface area contributed by atoms with Crippen molar-refractivity contribution in [2.75, 3.05) is 0 Å². The number of hydrogen-bond donors (Lipinski definition) is 0. The lowest BCUT2D eigenvalue weighted by Gasteiger charge is -2.21. The first-order valence-corrected chi connectivity index (χ1v) is 16.8. The molecule has 0 fully saturated rings. The highest BCUT2D eigenvalue weighted by atomic mass is 32.1. The first-order chi connectivity index (χ1) is 23.1. The highest BCUT2D eigenvalue weighted by molar-refractivity contribution is 7.25. The molecule has 0 saturated heterocycles. The van der Waals surface area contributed by atoms with Crippen LogP contribution in [0.4, 0.5) is 0 Å². The second kappa shape index (κ2) is 9.68. The van der Waals surface area contributed by atoms with Crippen molar-refractivity contribution in [3.05, 3.63) is 145 Å². The summed E-state index contributed by atoms with van der Waals surface area (Å²) in [5, 5.41) is 4.84. The molecule has 0 N–H and O–H groups in total. The molecule has 0 saturated carbocycles. The minimum absolute atomic E-state index is 0.0911. The number of aromatic nitrogens is 4. The van der Waals surface area contributed by atoms with Crippen molar-refractivity contribution in [1.29, 1.82) is 0 Å². The van der Waals surface area contributed by atoms with Gasteiger partial charge in [-0.15, -0.1) is 11.3 Å². The summed E-state index contributed by atoms with van der Waals surface area (Å²) in [6.07, 6.45) is 0. The highest BCUT2D eigenvalue weighted by Crippen LogP contribution is 2.53. The van der Waals surface area contributed by atoms with Gasteiger partial charge >= 0.3 is 0 Å². The maximum Gasteiger partial charge on any atom is 0.238 e. The van der Waals surface area contributed by atoms with E-state index in [-0.39, 0.29) is 5.41 Å². The van der Waals surface area contributed by atoms with Crippen molar-refractivity contribution in [1.82, 2.24) is 19.5 Å². The first-order valence-electron chi connectivity index (χ1n) is 16.0. The smallest absolute Gasteiger partial charge is 0.238 e. The van der Waals surface area contributed by atoms with Crippen LogP contribution in [0.2, 0.25) is 0 Å². The Morgan fingerprint density at radius 1 is 0.511 bits per heavy atom. The Bertz CT molecular complexity index is 2720. The van der Waals surface area contributed by atoms with Gasteiger partial charge in [0.15, 0.2) is 11.6 Å². The predicted molar refractivity (Wildman–Crippen MR) is 195 cm³/mol. The van der Waals surface area contributed by atoms with Gasteiger partial charge in [-0.05, 0) is 46.5 Å². The van der Waals surface area contributed by atoms with Crippen molar-refractivity contribution in [2.24, 2.45) is 0 Å². The lowest BCUT2D eigenvalue weighted by Crippen LogP contribution is -2.14. The Labute approximate surface area is 275 Å². The van der Waals surface area contributed by atoms with Crippen LogP contribution in [0, 0.1) is 0 Å². The lowest BCUT2D eigenvalue weighted by molar-refractivity contribution is 0.661. The Hall–Kier alpha value is -5.65. The van der Waals surface area contributed by atoms with E-state index < -0.39 is 0 Å². The Balaban J connectivity index is 1.32. The van der Waals surface area contributed by atoms with E-state index in [9.17, 15) is 0 Å². The fourth-order valence-corrected chi connectivity index (χ4v) is 8.86. The summed E-state index contributed by atoms with van der Waals surface area (Å²) < 4.78 is 4.72. The van der Waals surface area contributed by atoms with Gasteiger partial charge in [0.1, 0.15) is 0 Å². The van der Waals surface area contributed by atoms with Crippen molar-refractivity contribution >= 4 is 53.3 Å². The summed E-state index contributed by atoms with van der Waals surface area (Å²) in [4.78, 5) is 15.7.